The van der Waals surface area contributed by atoms with Crippen molar-refractivity contribution >= 4 is 32.8 Å². The smallest absolute Gasteiger partial charge is 0.255 e. The first-order valence-electron chi connectivity index (χ1n) is 6.96. The number of para-hydroxylation sites is 1. The highest BCUT2D eigenvalue weighted by molar-refractivity contribution is 9.09. The normalized spacial score (nSPS) is 11.8. The summed E-state index contributed by atoms with van der Waals surface area (Å²) in [4.78, 5) is 12.3. The summed E-state index contributed by atoms with van der Waals surface area (Å²) in [6, 6.07) is 7.59. The monoisotopic (exact) mass is 337 g/mol. The molecular weight excluding hydrogens is 318 g/mol. The maximum atomic E-state index is 12.3. The van der Waals surface area contributed by atoms with Gasteiger partial charge in [-0.3, -0.25) is 4.79 Å². The first-order valence-corrected chi connectivity index (χ1v) is 8.08. The molecule has 0 aliphatic rings. The highest BCUT2D eigenvalue weighted by Crippen LogP contribution is 2.28. The van der Waals surface area contributed by atoms with E-state index < -0.39 is 0 Å². The summed E-state index contributed by atoms with van der Waals surface area (Å²) in [6.45, 7) is 4.98. The molecule has 0 spiro atoms. The van der Waals surface area contributed by atoms with E-state index in [-0.39, 0.29) is 11.3 Å². The van der Waals surface area contributed by atoms with Gasteiger partial charge in [0.2, 0.25) is 0 Å². The molecule has 0 unspecified atom stereocenters. The second-order valence-corrected chi connectivity index (χ2v) is 5.73. The van der Waals surface area contributed by atoms with Crippen LogP contribution in [0.15, 0.2) is 34.9 Å². The van der Waals surface area contributed by atoms with Crippen molar-refractivity contribution in [1.82, 2.24) is 5.32 Å². The van der Waals surface area contributed by atoms with Crippen molar-refractivity contribution in [2.75, 3.05) is 11.9 Å². The SMILES string of the molecule is CCC(CC)(CBr)CNC(=O)c1coc2ccccc12. The molecule has 0 radical (unpaired) electrons. The van der Waals surface area contributed by atoms with Crippen LogP contribution in [0.4, 0.5) is 0 Å². The maximum Gasteiger partial charge on any atom is 0.255 e. The van der Waals surface area contributed by atoms with Gasteiger partial charge in [-0.05, 0) is 24.3 Å². The largest absolute Gasteiger partial charge is 0.463 e. The third-order valence-electron chi connectivity index (χ3n) is 4.13. The van der Waals surface area contributed by atoms with Gasteiger partial charge in [0, 0.05) is 17.3 Å². The molecule has 2 rings (SSSR count). The van der Waals surface area contributed by atoms with E-state index in [4.69, 9.17) is 4.42 Å². The van der Waals surface area contributed by atoms with Gasteiger partial charge in [-0.2, -0.15) is 0 Å². The Balaban J connectivity index is 2.13. The fourth-order valence-corrected chi connectivity index (χ4v) is 3.24. The Morgan fingerprint density at radius 1 is 1.30 bits per heavy atom. The van der Waals surface area contributed by atoms with E-state index in [9.17, 15) is 4.79 Å². The van der Waals surface area contributed by atoms with Crippen molar-refractivity contribution in [3.63, 3.8) is 0 Å². The van der Waals surface area contributed by atoms with Crippen LogP contribution < -0.4 is 5.32 Å². The fourth-order valence-electron chi connectivity index (χ4n) is 2.25. The minimum atomic E-state index is -0.0674. The molecule has 1 aromatic carbocycles. The van der Waals surface area contributed by atoms with E-state index in [0.717, 1.165) is 29.1 Å². The summed E-state index contributed by atoms with van der Waals surface area (Å²) in [5, 5.41) is 4.79. The van der Waals surface area contributed by atoms with Crippen LogP contribution in [0.1, 0.15) is 37.0 Å². The van der Waals surface area contributed by atoms with Crippen LogP contribution in [0, 0.1) is 5.41 Å². The van der Waals surface area contributed by atoms with Crippen LogP contribution in [0.3, 0.4) is 0 Å². The average Bonchev–Trinajstić information content (AvgIpc) is 2.93. The van der Waals surface area contributed by atoms with Gasteiger partial charge in [0.1, 0.15) is 11.8 Å². The van der Waals surface area contributed by atoms with Crippen LogP contribution in [0.5, 0.6) is 0 Å². The van der Waals surface area contributed by atoms with Crippen LogP contribution >= 0.6 is 15.9 Å². The number of furan rings is 1. The molecule has 0 fully saturated rings. The van der Waals surface area contributed by atoms with Gasteiger partial charge in [-0.1, -0.05) is 48.0 Å². The zero-order chi connectivity index (χ0) is 14.6. The third-order valence-corrected chi connectivity index (χ3v) is 5.32. The van der Waals surface area contributed by atoms with Gasteiger partial charge in [0.15, 0.2) is 0 Å². The molecule has 108 valence electrons. The summed E-state index contributed by atoms with van der Waals surface area (Å²) in [5.74, 6) is -0.0674. The molecule has 3 nitrogen and oxygen atoms in total. The standard InChI is InChI=1S/C16H20BrNO2/c1-3-16(4-2,10-17)11-18-15(19)13-9-20-14-8-6-5-7-12(13)14/h5-9H,3-4,10-11H2,1-2H3,(H,18,19). The minimum Gasteiger partial charge on any atom is -0.463 e. The number of nitrogens with one attached hydrogen (secondary N) is 1. The second-order valence-electron chi connectivity index (χ2n) is 5.17. The predicted molar refractivity (Wildman–Crippen MR) is 85.4 cm³/mol. The Morgan fingerprint density at radius 2 is 2.00 bits per heavy atom. The van der Waals surface area contributed by atoms with Crippen LogP contribution in [-0.4, -0.2) is 17.8 Å². The van der Waals surface area contributed by atoms with Crippen molar-refractivity contribution in [2.24, 2.45) is 5.41 Å². The Kier molecular flexibility index (Phi) is 4.86. The Morgan fingerprint density at radius 3 is 2.65 bits per heavy atom. The molecule has 20 heavy (non-hydrogen) atoms. The average molecular weight is 338 g/mol. The third kappa shape index (κ3) is 2.90. The molecule has 1 amide bonds. The number of hydrogen-bond acceptors (Lipinski definition) is 2. The van der Waals surface area contributed by atoms with Gasteiger partial charge in [-0.25, -0.2) is 0 Å². The Bertz CT molecular complexity index is 579. The van der Waals surface area contributed by atoms with Gasteiger partial charge in [0.25, 0.3) is 5.91 Å². The Hall–Kier alpha value is -1.29. The van der Waals surface area contributed by atoms with Crippen LogP contribution in [0.2, 0.25) is 0 Å². The van der Waals surface area contributed by atoms with E-state index in [1.807, 2.05) is 24.3 Å². The molecule has 4 heteroatoms. The van der Waals surface area contributed by atoms with Crippen molar-refractivity contribution in [2.45, 2.75) is 26.7 Å². The topological polar surface area (TPSA) is 42.2 Å². The molecule has 1 heterocycles. The number of rotatable bonds is 6. The van der Waals surface area contributed by atoms with E-state index in [1.54, 1.807) is 0 Å². The van der Waals surface area contributed by atoms with Crippen molar-refractivity contribution in [3.8, 4) is 0 Å². The number of fused-ring (bicyclic) bond motifs is 1. The number of hydrogen-bond donors (Lipinski definition) is 1. The van der Waals surface area contributed by atoms with E-state index in [2.05, 4.69) is 35.1 Å². The number of carbonyl (C=O) groups excluding carboxylic acids is 1. The number of alkyl halides is 1. The van der Waals surface area contributed by atoms with Gasteiger partial charge < -0.3 is 9.73 Å². The summed E-state index contributed by atoms with van der Waals surface area (Å²) < 4.78 is 5.41. The molecule has 0 bridgehead atoms. The number of benzene rings is 1. The zero-order valence-corrected chi connectivity index (χ0v) is 13.5. The highest BCUT2D eigenvalue weighted by atomic mass is 79.9. The number of carbonyl (C=O) groups is 1. The van der Waals surface area contributed by atoms with E-state index >= 15 is 0 Å². The summed E-state index contributed by atoms with van der Waals surface area (Å²) >= 11 is 3.56. The Labute approximate surface area is 127 Å². The van der Waals surface area contributed by atoms with Crippen molar-refractivity contribution in [3.05, 3.63) is 36.1 Å². The minimum absolute atomic E-state index is 0.0674. The molecule has 2 aromatic rings. The van der Waals surface area contributed by atoms with Crippen molar-refractivity contribution in [1.29, 1.82) is 0 Å². The molecule has 0 aliphatic carbocycles. The molecule has 1 aromatic heterocycles. The highest BCUT2D eigenvalue weighted by Gasteiger charge is 2.26. The number of halogens is 1. The summed E-state index contributed by atoms with van der Waals surface area (Å²) in [6.07, 6.45) is 3.59. The molecule has 0 aliphatic heterocycles. The molecule has 0 saturated carbocycles. The molecular formula is C16H20BrNO2. The lowest BCUT2D eigenvalue weighted by Gasteiger charge is -2.29. The fraction of sp³-hybridized carbons (Fsp3) is 0.438. The number of amides is 1. The molecule has 0 atom stereocenters. The van der Waals surface area contributed by atoms with E-state index in [1.165, 1.54) is 6.26 Å². The summed E-state index contributed by atoms with van der Waals surface area (Å²) in [5.41, 5.74) is 1.47. The predicted octanol–water partition coefficient (Wildman–Crippen LogP) is 4.36. The van der Waals surface area contributed by atoms with Crippen LogP contribution in [-0.2, 0) is 0 Å². The zero-order valence-electron chi connectivity index (χ0n) is 11.9. The van der Waals surface area contributed by atoms with Gasteiger partial charge in [0.05, 0.1) is 5.56 Å². The quantitative estimate of drug-likeness (QED) is 0.795. The van der Waals surface area contributed by atoms with E-state index in [0.29, 0.717) is 12.1 Å². The lowest BCUT2D eigenvalue weighted by atomic mass is 9.84. The lowest BCUT2D eigenvalue weighted by Crippen LogP contribution is -2.38. The first-order chi connectivity index (χ1) is 9.65. The second kappa shape index (κ2) is 6.44. The first kappa shape index (κ1) is 15.1. The van der Waals surface area contributed by atoms with Gasteiger partial charge >= 0.3 is 0 Å². The van der Waals surface area contributed by atoms with Crippen molar-refractivity contribution < 1.29 is 9.21 Å². The summed E-state index contributed by atoms with van der Waals surface area (Å²) in [7, 11) is 0. The maximum absolute atomic E-state index is 12.3. The molecule has 1 N–H and O–H groups in total. The molecule has 0 saturated heterocycles. The van der Waals surface area contributed by atoms with Gasteiger partial charge in [-0.15, -0.1) is 0 Å². The lowest BCUT2D eigenvalue weighted by molar-refractivity contribution is 0.0933. The van der Waals surface area contributed by atoms with Crippen LogP contribution in [0.25, 0.3) is 11.0 Å².